The molecule has 5 heteroatoms. The summed E-state index contributed by atoms with van der Waals surface area (Å²) < 4.78 is 1.61. The molecule has 0 aliphatic heterocycles. The number of hydrogen-bond acceptors (Lipinski definition) is 3. The van der Waals surface area contributed by atoms with Crippen molar-refractivity contribution in [2.45, 2.75) is 19.4 Å². The molecule has 0 aliphatic rings. The number of halogens is 1. The average molecular weight is 235 g/mol. The molecule has 0 radical (unpaired) electrons. The number of rotatable bonds is 2. The Morgan fingerprint density at radius 1 is 1.50 bits per heavy atom. The smallest absolute Gasteiger partial charge is 0.244 e. The molecule has 0 unspecified atom stereocenters. The van der Waals surface area contributed by atoms with Crippen molar-refractivity contribution in [3.05, 3.63) is 23.4 Å². The summed E-state index contributed by atoms with van der Waals surface area (Å²) in [7, 11) is 0. The van der Waals surface area contributed by atoms with Crippen LogP contribution >= 0.6 is 11.6 Å². The molecule has 0 aliphatic carbocycles. The summed E-state index contributed by atoms with van der Waals surface area (Å²) in [5, 5.41) is 7.89. The van der Waals surface area contributed by atoms with Crippen molar-refractivity contribution in [2.75, 3.05) is 5.32 Å². The van der Waals surface area contributed by atoms with Crippen molar-refractivity contribution in [2.24, 2.45) is 0 Å². The minimum Gasteiger partial charge on any atom is -0.337 e. The molecule has 0 spiro atoms. The van der Waals surface area contributed by atoms with Gasteiger partial charge >= 0.3 is 0 Å². The van der Waals surface area contributed by atoms with Gasteiger partial charge in [-0.05, 0) is 26.0 Å². The summed E-state index contributed by atoms with van der Waals surface area (Å²) in [6.07, 6.45) is 7.07. The van der Waals surface area contributed by atoms with E-state index in [2.05, 4.69) is 21.3 Å². The highest BCUT2D eigenvalue weighted by Gasteiger charge is 2.15. The van der Waals surface area contributed by atoms with Crippen LogP contribution in [-0.4, -0.2) is 20.1 Å². The lowest BCUT2D eigenvalue weighted by atomic mass is 10.1. The highest BCUT2D eigenvalue weighted by molar-refractivity contribution is 6.30. The van der Waals surface area contributed by atoms with Gasteiger partial charge in [0.15, 0.2) is 5.65 Å². The standard InChI is InChI=1S/C11H11ClN4/c1-4-11(2,3)14-10-13-9-6-5-8(12)7-16(9)15-10/h1,5-7H,2-3H3,(H,14,15). The lowest BCUT2D eigenvalue weighted by molar-refractivity contribution is 0.728. The molecule has 0 atom stereocenters. The van der Waals surface area contributed by atoms with E-state index >= 15 is 0 Å². The van der Waals surface area contributed by atoms with Crippen LogP contribution in [0.1, 0.15) is 13.8 Å². The van der Waals surface area contributed by atoms with E-state index in [0.717, 1.165) is 5.65 Å². The monoisotopic (exact) mass is 234 g/mol. The summed E-state index contributed by atoms with van der Waals surface area (Å²) in [5.74, 6) is 3.11. The lowest BCUT2D eigenvalue weighted by Crippen LogP contribution is -2.29. The van der Waals surface area contributed by atoms with Gasteiger partial charge in [-0.3, -0.25) is 0 Å². The molecule has 0 aromatic carbocycles. The maximum Gasteiger partial charge on any atom is 0.244 e. The van der Waals surface area contributed by atoms with E-state index in [1.807, 2.05) is 13.8 Å². The third-order valence-corrected chi connectivity index (χ3v) is 2.30. The minimum atomic E-state index is -0.477. The molecule has 1 N–H and O–H groups in total. The summed E-state index contributed by atoms with van der Waals surface area (Å²) in [6, 6.07) is 3.56. The molecular formula is C11H11ClN4. The molecule has 0 fully saturated rings. The molecule has 0 saturated heterocycles. The minimum absolute atomic E-state index is 0.477. The van der Waals surface area contributed by atoms with Crippen LogP contribution in [0.2, 0.25) is 5.02 Å². The first kappa shape index (κ1) is 10.8. The van der Waals surface area contributed by atoms with Crippen molar-refractivity contribution in [3.8, 4) is 12.3 Å². The van der Waals surface area contributed by atoms with Gasteiger partial charge in [0.25, 0.3) is 0 Å². The van der Waals surface area contributed by atoms with Gasteiger partial charge in [-0.15, -0.1) is 11.5 Å². The van der Waals surface area contributed by atoms with Crippen molar-refractivity contribution < 1.29 is 0 Å². The van der Waals surface area contributed by atoms with E-state index in [4.69, 9.17) is 18.0 Å². The molecule has 0 saturated carbocycles. The first-order chi connectivity index (χ1) is 7.50. The van der Waals surface area contributed by atoms with Gasteiger partial charge in [0.1, 0.15) is 0 Å². The fourth-order valence-electron chi connectivity index (χ4n) is 1.23. The van der Waals surface area contributed by atoms with Crippen LogP contribution < -0.4 is 5.32 Å². The van der Waals surface area contributed by atoms with Crippen molar-refractivity contribution in [1.29, 1.82) is 0 Å². The number of aromatic nitrogens is 3. The van der Waals surface area contributed by atoms with Gasteiger partial charge < -0.3 is 5.32 Å². The number of anilines is 1. The zero-order chi connectivity index (χ0) is 11.8. The predicted octanol–water partition coefficient (Wildman–Crippen LogP) is 2.21. The van der Waals surface area contributed by atoms with E-state index in [1.165, 1.54) is 0 Å². The van der Waals surface area contributed by atoms with Crippen LogP contribution in [0.5, 0.6) is 0 Å². The highest BCUT2D eigenvalue weighted by atomic mass is 35.5. The molecule has 0 bridgehead atoms. The van der Waals surface area contributed by atoms with Crippen LogP contribution in [0, 0.1) is 12.3 Å². The maximum absolute atomic E-state index is 5.85. The van der Waals surface area contributed by atoms with Gasteiger partial charge in [-0.25, -0.2) is 4.52 Å². The summed E-state index contributed by atoms with van der Waals surface area (Å²) in [5.41, 5.74) is 0.245. The number of nitrogens with zero attached hydrogens (tertiary/aromatic N) is 3. The third-order valence-electron chi connectivity index (χ3n) is 2.08. The molecule has 4 nitrogen and oxygen atoms in total. The Labute approximate surface area is 98.6 Å². The number of fused-ring (bicyclic) bond motifs is 1. The third kappa shape index (κ3) is 2.10. The predicted molar refractivity (Wildman–Crippen MR) is 64.5 cm³/mol. The second-order valence-electron chi connectivity index (χ2n) is 3.98. The Morgan fingerprint density at radius 2 is 2.25 bits per heavy atom. The van der Waals surface area contributed by atoms with E-state index in [1.54, 1.807) is 22.8 Å². The fraction of sp³-hybridized carbons (Fsp3) is 0.273. The SMILES string of the molecule is C#CC(C)(C)Nc1nc2ccc(Cl)cn2n1. The van der Waals surface area contributed by atoms with Gasteiger partial charge in [-0.2, -0.15) is 4.98 Å². The van der Waals surface area contributed by atoms with Gasteiger partial charge in [0.2, 0.25) is 5.95 Å². The summed E-state index contributed by atoms with van der Waals surface area (Å²) >= 11 is 5.85. The van der Waals surface area contributed by atoms with Crippen LogP contribution in [-0.2, 0) is 0 Å². The average Bonchev–Trinajstić information content (AvgIpc) is 2.58. The Morgan fingerprint density at radius 3 is 2.94 bits per heavy atom. The van der Waals surface area contributed by atoms with Gasteiger partial charge in [0, 0.05) is 6.20 Å². The fourth-order valence-corrected chi connectivity index (χ4v) is 1.38. The van der Waals surface area contributed by atoms with Gasteiger partial charge in [-0.1, -0.05) is 17.5 Å². The quantitative estimate of drug-likeness (QED) is 0.811. The molecule has 82 valence electrons. The van der Waals surface area contributed by atoms with Crippen LogP contribution in [0.4, 0.5) is 5.95 Å². The Bertz CT molecular complexity index is 565. The molecule has 2 heterocycles. The van der Waals surface area contributed by atoms with Crippen molar-refractivity contribution >= 4 is 23.2 Å². The highest BCUT2D eigenvalue weighted by Crippen LogP contribution is 2.14. The summed E-state index contributed by atoms with van der Waals surface area (Å²) in [6.45, 7) is 3.76. The van der Waals surface area contributed by atoms with Crippen molar-refractivity contribution in [3.63, 3.8) is 0 Å². The first-order valence-corrected chi connectivity index (χ1v) is 5.16. The largest absolute Gasteiger partial charge is 0.337 e. The first-order valence-electron chi connectivity index (χ1n) is 4.78. The van der Waals surface area contributed by atoms with Crippen LogP contribution in [0.15, 0.2) is 18.3 Å². The Hall–Kier alpha value is -1.73. The van der Waals surface area contributed by atoms with Crippen molar-refractivity contribution in [1.82, 2.24) is 14.6 Å². The Kier molecular flexibility index (Phi) is 2.49. The number of hydrogen-bond donors (Lipinski definition) is 1. The lowest BCUT2D eigenvalue weighted by Gasteiger charge is -2.17. The van der Waals surface area contributed by atoms with Gasteiger partial charge in [0.05, 0.1) is 10.6 Å². The van der Waals surface area contributed by atoms with E-state index in [0.29, 0.717) is 11.0 Å². The molecule has 2 aromatic heterocycles. The maximum atomic E-state index is 5.85. The zero-order valence-electron chi connectivity index (χ0n) is 9.03. The molecular weight excluding hydrogens is 224 g/mol. The van der Waals surface area contributed by atoms with E-state index in [9.17, 15) is 0 Å². The second kappa shape index (κ2) is 3.69. The molecule has 0 amide bonds. The zero-order valence-corrected chi connectivity index (χ0v) is 9.78. The second-order valence-corrected chi connectivity index (χ2v) is 4.42. The number of terminal acetylenes is 1. The Balaban J connectivity index is 2.38. The van der Waals surface area contributed by atoms with E-state index in [-0.39, 0.29) is 0 Å². The number of pyridine rings is 1. The molecule has 16 heavy (non-hydrogen) atoms. The molecule has 2 aromatic rings. The topological polar surface area (TPSA) is 42.2 Å². The molecule has 2 rings (SSSR count). The van der Waals surface area contributed by atoms with Crippen LogP contribution in [0.3, 0.4) is 0 Å². The van der Waals surface area contributed by atoms with Crippen LogP contribution in [0.25, 0.3) is 5.65 Å². The summed E-state index contributed by atoms with van der Waals surface area (Å²) in [4.78, 5) is 4.27. The normalized spacial score (nSPS) is 11.4. The number of nitrogens with one attached hydrogen (secondary N) is 1. The van der Waals surface area contributed by atoms with E-state index < -0.39 is 5.54 Å².